The minimum atomic E-state index is -4.64. The Morgan fingerprint density at radius 3 is 1.95 bits per heavy atom. The van der Waals surface area contributed by atoms with Crippen LogP contribution in [-0.2, 0) is 9.36 Å². The molecule has 0 aliphatic rings. The Kier molecular flexibility index (Phi) is 6.47. The van der Waals surface area contributed by atoms with Gasteiger partial charge in [-0.2, -0.15) is 5.26 Å². The number of phenols is 1. The number of carboxylic acids is 1. The van der Waals surface area contributed by atoms with Gasteiger partial charge in [0.15, 0.2) is 0 Å². The summed E-state index contributed by atoms with van der Waals surface area (Å²) in [7, 11) is -4.64. The van der Waals surface area contributed by atoms with Gasteiger partial charge < -0.3 is 24.9 Å². The van der Waals surface area contributed by atoms with Crippen LogP contribution in [0.3, 0.4) is 0 Å². The highest BCUT2D eigenvalue weighted by molar-refractivity contribution is 7.45. The third-order valence-corrected chi connectivity index (χ3v) is 1.55. The Bertz CT molecular complexity index is 544. The minimum Gasteiger partial charge on any atom is -0.508 e. The summed E-state index contributed by atoms with van der Waals surface area (Å²) in [5, 5.41) is 26.0. The van der Waals surface area contributed by atoms with Crippen LogP contribution in [-0.4, -0.2) is 30.9 Å². The summed E-state index contributed by atoms with van der Waals surface area (Å²) in [6.07, 6.45) is 1.24. The Balaban J connectivity index is 0.000000555. The molecule has 0 bridgehead atoms. The molecule has 0 aliphatic carbocycles. The van der Waals surface area contributed by atoms with Crippen molar-refractivity contribution in [3.05, 3.63) is 35.4 Å². The SMILES string of the molecule is N#CC(=Cc1ccc(O)cc1)C(=O)O.O=P(O)(O)O. The molecule has 0 saturated carbocycles. The summed E-state index contributed by atoms with van der Waals surface area (Å²) in [6, 6.07) is 7.45. The second kappa shape index (κ2) is 7.31. The van der Waals surface area contributed by atoms with Crippen LogP contribution in [0.15, 0.2) is 29.8 Å². The number of aliphatic carboxylic acids is 1. The molecule has 1 rings (SSSR count). The lowest BCUT2D eigenvalue weighted by molar-refractivity contribution is -0.132. The normalized spacial score (nSPS) is 10.9. The third kappa shape index (κ3) is 9.52. The van der Waals surface area contributed by atoms with Crippen molar-refractivity contribution in [2.75, 3.05) is 0 Å². The van der Waals surface area contributed by atoms with Crippen LogP contribution in [0.25, 0.3) is 6.08 Å². The molecule has 0 unspecified atom stereocenters. The fraction of sp³-hybridized carbons (Fsp3) is 0. The minimum absolute atomic E-state index is 0.0935. The van der Waals surface area contributed by atoms with Gasteiger partial charge in [-0.15, -0.1) is 0 Å². The van der Waals surface area contributed by atoms with Crippen LogP contribution >= 0.6 is 7.82 Å². The molecular formula is C10H10NO7P. The van der Waals surface area contributed by atoms with E-state index in [4.69, 9.17) is 34.7 Å². The number of carboxylic acid groups (broad SMARTS) is 1. The number of nitrogens with zero attached hydrogens (tertiary/aromatic N) is 1. The van der Waals surface area contributed by atoms with E-state index in [-0.39, 0.29) is 11.3 Å². The lowest BCUT2D eigenvalue weighted by Crippen LogP contribution is -1.97. The molecule has 0 fully saturated rings. The first-order chi connectivity index (χ1) is 8.63. The predicted molar refractivity (Wildman–Crippen MR) is 63.6 cm³/mol. The fourth-order valence-corrected chi connectivity index (χ4v) is 0.879. The Labute approximate surface area is 107 Å². The zero-order valence-electron chi connectivity index (χ0n) is 9.33. The van der Waals surface area contributed by atoms with Crippen LogP contribution in [0.1, 0.15) is 5.56 Å². The first kappa shape index (κ1) is 16.8. The van der Waals surface area contributed by atoms with Gasteiger partial charge in [-0.25, -0.2) is 9.36 Å². The second-order valence-electron chi connectivity index (χ2n) is 3.08. The summed E-state index contributed by atoms with van der Waals surface area (Å²) in [5.41, 5.74) is 0.220. The molecule has 1 aromatic rings. The van der Waals surface area contributed by atoms with Gasteiger partial charge in [0.1, 0.15) is 17.4 Å². The number of benzene rings is 1. The van der Waals surface area contributed by atoms with Crippen molar-refractivity contribution in [1.29, 1.82) is 5.26 Å². The van der Waals surface area contributed by atoms with Gasteiger partial charge in [0.25, 0.3) is 0 Å². The van der Waals surface area contributed by atoms with Crippen LogP contribution in [0.2, 0.25) is 0 Å². The average Bonchev–Trinajstić information content (AvgIpc) is 2.25. The molecule has 0 heterocycles. The number of phosphoric acid groups is 1. The van der Waals surface area contributed by atoms with Crippen molar-refractivity contribution < 1.29 is 34.3 Å². The summed E-state index contributed by atoms with van der Waals surface area (Å²) in [4.78, 5) is 32.0. The summed E-state index contributed by atoms with van der Waals surface area (Å²) < 4.78 is 8.88. The number of carbonyl (C=O) groups is 1. The number of hydrogen-bond acceptors (Lipinski definition) is 4. The number of phenolic OH excluding ortho intramolecular Hbond substituents is 1. The Morgan fingerprint density at radius 1 is 1.21 bits per heavy atom. The van der Waals surface area contributed by atoms with Crippen molar-refractivity contribution in [2.45, 2.75) is 0 Å². The smallest absolute Gasteiger partial charge is 0.466 e. The van der Waals surface area contributed by atoms with Crippen molar-refractivity contribution in [3.8, 4) is 11.8 Å². The highest BCUT2D eigenvalue weighted by atomic mass is 31.2. The van der Waals surface area contributed by atoms with Gasteiger partial charge >= 0.3 is 13.8 Å². The molecule has 0 radical (unpaired) electrons. The predicted octanol–water partition coefficient (Wildman–Crippen LogP) is 0.455. The molecule has 0 saturated heterocycles. The topological polar surface area (TPSA) is 159 Å². The number of aromatic hydroxyl groups is 1. The van der Waals surface area contributed by atoms with Crippen molar-refractivity contribution >= 4 is 19.9 Å². The van der Waals surface area contributed by atoms with Crippen LogP contribution < -0.4 is 0 Å². The second-order valence-corrected chi connectivity index (χ2v) is 4.11. The highest BCUT2D eigenvalue weighted by Gasteiger charge is 2.04. The van der Waals surface area contributed by atoms with E-state index in [1.807, 2.05) is 0 Å². The van der Waals surface area contributed by atoms with Crippen molar-refractivity contribution in [2.24, 2.45) is 0 Å². The lowest BCUT2D eigenvalue weighted by atomic mass is 10.1. The fourth-order valence-electron chi connectivity index (χ4n) is 0.879. The van der Waals surface area contributed by atoms with E-state index in [0.717, 1.165) is 0 Å². The Hall–Kier alpha value is -2.17. The quantitative estimate of drug-likeness (QED) is 0.298. The van der Waals surface area contributed by atoms with E-state index in [0.29, 0.717) is 5.56 Å². The van der Waals surface area contributed by atoms with Gasteiger partial charge in [-0.1, -0.05) is 12.1 Å². The first-order valence-corrected chi connectivity index (χ1v) is 6.12. The molecule has 0 amide bonds. The molecule has 0 spiro atoms. The van der Waals surface area contributed by atoms with Gasteiger partial charge in [0.2, 0.25) is 0 Å². The third-order valence-electron chi connectivity index (χ3n) is 1.55. The largest absolute Gasteiger partial charge is 0.508 e. The monoisotopic (exact) mass is 287 g/mol. The van der Waals surface area contributed by atoms with Gasteiger partial charge in [-0.05, 0) is 23.8 Å². The van der Waals surface area contributed by atoms with E-state index in [1.165, 1.54) is 30.3 Å². The maximum absolute atomic E-state index is 10.5. The molecule has 1 aromatic carbocycles. The van der Waals surface area contributed by atoms with Crippen LogP contribution in [0, 0.1) is 11.3 Å². The molecule has 102 valence electrons. The van der Waals surface area contributed by atoms with Gasteiger partial charge in [0, 0.05) is 0 Å². The van der Waals surface area contributed by atoms with E-state index in [9.17, 15) is 4.79 Å². The molecular weight excluding hydrogens is 277 g/mol. The van der Waals surface area contributed by atoms with E-state index in [1.54, 1.807) is 6.07 Å². The maximum atomic E-state index is 10.5. The molecule has 19 heavy (non-hydrogen) atoms. The Morgan fingerprint density at radius 2 is 1.63 bits per heavy atom. The van der Waals surface area contributed by atoms with E-state index in [2.05, 4.69) is 0 Å². The molecule has 8 nitrogen and oxygen atoms in total. The number of rotatable bonds is 2. The molecule has 0 aromatic heterocycles. The standard InChI is InChI=1S/C10H7NO3.H3O4P/c11-6-8(10(13)14)5-7-1-3-9(12)4-2-7;1-5(2,3)4/h1-5,12H,(H,13,14);(H3,1,2,3,4). The molecule has 0 aliphatic heterocycles. The maximum Gasteiger partial charge on any atom is 0.466 e. The van der Waals surface area contributed by atoms with Crippen molar-refractivity contribution in [1.82, 2.24) is 0 Å². The van der Waals surface area contributed by atoms with Crippen LogP contribution in [0.4, 0.5) is 0 Å². The number of hydrogen-bond donors (Lipinski definition) is 5. The molecule has 9 heteroatoms. The van der Waals surface area contributed by atoms with Gasteiger partial charge in [-0.3, -0.25) is 0 Å². The zero-order chi connectivity index (χ0) is 15.1. The summed E-state index contributed by atoms with van der Waals surface area (Å²) in [6.45, 7) is 0. The zero-order valence-corrected chi connectivity index (χ0v) is 10.2. The average molecular weight is 287 g/mol. The van der Waals surface area contributed by atoms with Gasteiger partial charge in [0.05, 0.1) is 0 Å². The summed E-state index contributed by atoms with van der Waals surface area (Å²) >= 11 is 0. The van der Waals surface area contributed by atoms with E-state index < -0.39 is 13.8 Å². The first-order valence-electron chi connectivity index (χ1n) is 4.56. The lowest BCUT2D eigenvalue weighted by Gasteiger charge is -1.94. The van der Waals surface area contributed by atoms with Crippen LogP contribution in [0.5, 0.6) is 5.75 Å². The molecule has 0 atom stereocenters. The van der Waals surface area contributed by atoms with E-state index >= 15 is 0 Å². The summed E-state index contributed by atoms with van der Waals surface area (Å²) in [5.74, 6) is -1.17. The molecule has 5 N–H and O–H groups in total. The highest BCUT2D eigenvalue weighted by Crippen LogP contribution is 2.25. The van der Waals surface area contributed by atoms with Crippen molar-refractivity contribution in [3.63, 3.8) is 0 Å². The number of nitriles is 1.